The standard InChI is InChI=1S/C17H18N2O7/c1-8-13-12(9(2)20)16(22)18(13)14(15(8)21)17(23)26-7-10-3-5-11(6-4-10)19(24)25/h3-6,8-9,12-14,20H,7H2,1-2H3/t8-,9-,12+,13?,14?/m1/s1. The number of amides is 1. The summed E-state index contributed by atoms with van der Waals surface area (Å²) in [5.41, 5.74) is 0.439. The van der Waals surface area contributed by atoms with Crippen LogP contribution < -0.4 is 0 Å². The van der Waals surface area contributed by atoms with Gasteiger partial charge < -0.3 is 14.7 Å². The number of esters is 1. The summed E-state index contributed by atoms with van der Waals surface area (Å²) >= 11 is 0. The molecule has 1 N–H and O–H groups in total. The van der Waals surface area contributed by atoms with Gasteiger partial charge in [-0.1, -0.05) is 6.92 Å². The second-order valence-electron chi connectivity index (χ2n) is 6.63. The van der Waals surface area contributed by atoms with Crippen molar-refractivity contribution in [3.8, 4) is 0 Å². The number of β-lactam (4-membered cyclic amide) rings is 1. The Balaban J connectivity index is 1.67. The van der Waals surface area contributed by atoms with Crippen molar-refractivity contribution in [2.24, 2.45) is 11.8 Å². The zero-order chi connectivity index (χ0) is 19.2. The van der Waals surface area contributed by atoms with E-state index in [1.807, 2.05) is 0 Å². The SMILES string of the molecule is C[C@H]1C(=O)C(C(=O)OCc2ccc([N+](=O)[O-])cc2)N2C(=O)[C@@H]([C@@H](C)O)C12. The number of carbonyl (C=O) groups is 3. The van der Waals surface area contributed by atoms with Gasteiger partial charge in [-0.3, -0.25) is 19.7 Å². The van der Waals surface area contributed by atoms with Crippen LogP contribution in [0.1, 0.15) is 19.4 Å². The third-order valence-corrected chi connectivity index (χ3v) is 5.01. The average molecular weight is 362 g/mol. The number of nitro groups is 1. The molecule has 138 valence electrons. The molecule has 26 heavy (non-hydrogen) atoms. The fraction of sp³-hybridized carbons (Fsp3) is 0.471. The molecule has 0 aliphatic carbocycles. The van der Waals surface area contributed by atoms with E-state index in [0.717, 1.165) is 0 Å². The molecule has 1 aromatic carbocycles. The molecule has 2 fully saturated rings. The van der Waals surface area contributed by atoms with Crippen molar-refractivity contribution in [2.45, 2.75) is 38.6 Å². The molecule has 0 saturated carbocycles. The minimum Gasteiger partial charge on any atom is -0.459 e. The first-order chi connectivity index (χ1) is 12.2. The second-order valence-corrected chi connectivity index (χ2v) is 6.63. The van der Waals surface area contributed by atoms with Crippen LogP contribution in [-0.4, -0.2) is 50.8 Å². The number of carbonyl (C=O) groups excluding carboxylic acids is 3. The van der Waals surface area contributed by atoms with Gasteiger partial charge in [0.05, 0.1) is 23.0 Å². The average Bonchev–Trinajstić information content (AvgIpc) is 2.81. The highest BCUT2D eigenvalue weighted by Gasteiger charge is 2.64. The van der Waals surface area contributed by atoms with Gasteiger partial charge in [0, 0.05) is 18.1 Å². The quantitative estimate of drug-likeness (QED) is 0.265. The van der Waals surface area contributed by atoms with Crippen LogP contribution >= 0.6 is 0 Å². The normalized spacial score (nSPS) is 28.3. The largest absolute Gasteiger partial charge is 0.459 e. The first-order valence-electron chi connectivity index (χ1n) is 8.18. The number of aliphatic hydroxyl groups is 1. The van der Waals surface area contributed by atoms with Crippen molar-refractivity contribution in [1.82, 2.24) is 4.90 Å². The molecular weight excluding hydrogens is 344 g/mol. The molecule has 0 aromatic heterocycles. The maximum absolute atomic E-state index is 12.4. The van der Waals surface area contributed by atoms with E-state index < -0.39 is 52.6 Å². The van der Waals surface area contributed by atoms with Crippen molar-refractivity contribution < 1.29 is 29.2 Å². The summed E-state index contributed by atoms with van der Waals surface area (Å²) in [6, 6.07) is 3.68. The van der Waals surface area contributed by atoms with E-state index >= 15 is 0 Å². The van der Waals surface area contributed by atoms with Crippen LogP contribution in [0.3, 0.4) is 0 Å². The van der Waals surface area contributed by atoms with Crippen LogP contribution in [0.5, 0.6) is 0 Å². The first kappa shape index (κ1) is 18.0. The van der Waals surface area contributed by atoms with E-state index in [1.54, 1.807) is 6.92 Å². The van der Waals surface area contributed by atoms with Gasteiger partial charge in [-0.05, 0) is 24.6 Å². The van der Waals surface area contributed by atoms with E-state index in [0.29, 0.717) is 5.56 Å². The number of benzene rings is 1. The van der Waals surface area contributed by atoms with Crippen LogP contribution in [0.2, 0.25) is 0 Å². The molecule has 3 rings (SSSR count). The first-order valence-corrected chi connectivity index (χ1v) is 8.18. The molecule has 9 nitrogen and oxygen atoms in total. The van der Waals surface area contributed by atoms with Crippen LogP contribution in [0, 0.1) is 22.0 Å². The number of fused-ring (bicyclic) bond motifs is 1. The Labute approximate surface area is 148 Å². The van der Waals surface area contributed by atoms with Gasteiger partial charge in [-0.15, -0.1) is 0 Å². The lowest BCUT2D eigenvalue weighted by Crippen LogP contribution is -2.65. The molecule has 1 aromatic rings. The van der Waals surface area contributed by atoms with Gasteiger partial charge in [0.25, 0.3) is 5.69 Å². The summed E-state index contributed by atoms with van der Waals surface area (Å²) in [5.74, 6) is -2.90. The molecule has 2 saturated heterocycles. The summed E-state index contributed by atoms with van der Waals surface area (Å²) in [4.78, 5) is 48.2. The summed E-state index contributed by atoms with van der Waals surface area (Å²) in [5, 5.41) is 20.3. The number of nitrogens with zero attached hydrogens (tertiary/aromatic N) is 2. The monoisotopic (exact) mass is 362 g/mol. The summed E-state index contributed by atoms with van der Waals surface area (Å²) in [6.45, 7) is 2.95. The highest BCUT2D eigenvalue weighted by Crippen LogP contribution is 2.43. The molecule has 5 atom stereocenters. The Bertz CT molecular complexity index is 774. The minimum absolute atomic E-state index is 0.0851. The Morgan fingerprint density at radius 1 is 1.35 bits per heavy atom. The van der Waals surface area contributed by atoms with Gasteiger partial charge in [-0.2, -0.15) is 0 Å². The van der Waals surface area contributed by atoms with Gasteiger partial charge in [-0.25, -0.2) is 4.79 Å². The second kappa shape index (κ2) is 6.49. The fourth-order valence-electron chi connectivity index (χ4n) is 3.63. The van der Waals surface area contributed by atoms with Gasteiger partial charge in [0.1, 0.15) is 6.61 Å². The Hall–Kier alpha value is -2.81. The smallest absolute Gasteiger partial charge is 0.337 e. The maximum Gasteiger partial charge on any atom is 0.337 e. The molecule has 0 spiro atoms. The summed E-state index contributed by atoms with van der Waals surface area (Å²) in [6.07, 6.45) is -0.895. The van der Waals surface area contributed by atoms with E-state index in [1.165, 1.54) is 36.1 Å². The zero-order valence-electron chi connectivity index (χ0n) is 14.2. The molecule has 0 radical (unpaired) electrons. The van der Waals surface area contributed by atoms with Crippen molar-refractivity contribution in [2.75, 3.05) is 0 Å². The van der Waals surface area contributed by atoms with Crippen LogP contribution in [-0.2, 0) is 25.7 Å². The number of hydrogen-bond donors (Lipinski definition) is 1. The lowest BCUT2D eigenvalue weighted by atomic mass is 9.79. The molecule has 0 bridgehead atoms. The molecule has 2 unspecified atom stereocenters. The van der Waals surface area contributed by atoms with Gasteiger partial charge >= 0.3 is 5.97 Å². The molecule has 9 heteroatoms. The summed E-state index contributed by atoms with van der Waals surface area (Å²) in [7, 11) is 0. The topological polar surface area (TPSA) is 127 Å². The van der Waals surface area contributed by atoms with Crippen LogP contribution in [0.25, 0.3) is 0 Å². The molecule has 2 aliphatic rings. The zero-order valence-corrected chi connectivity index (χ0v) is 14.2. The number of ketones is 1. The van der Waals surface area contributed by atoms with Gasteiger partial charge in [0.15, 0.2) is 11.8 Å². The van der Waals surface area contributed by atoms with E-state index in [-0.39, 0.29) is 12.3 Å². The van der Waals surface area contributed by atoms with Crippen molar-refractivity contribution in [3.05, 3.63) is 39.9 Å². The fourth-order valence-corrected chi connectivity index (χ4v) is 3.63. The number of Topliss-reactive ketones (excluding diaryl/α,β-unsaturated/α-hetero) is 1. The third-order valence-electron chi connectivity index (χ3n) is 5.01. The number of non-ortho nitro benzene ring substituents is 1. The number of hydrogen-bond acceptors (Lipinski definition) is 7. The highest BCUT2D eigenvalue weighted by molar-refractivity contribution is 6.12. The van der Waals surface area contributed by atoms with Crippen LogP contribution in [0.4, 0.5) is 5.69 Å². The Kier molecular flexibility index (Phi) is 4.49. The van der Waals surface area contributed by atoms with E-state index in [2.05, 4.69) is 0 Å². The predicted molar refractivity (Wildman–Crippen MR) is 86.7 cm³/mol. The van der Waals surface area contributed by atoms with Crippen LogP contribution in [0.15, 0.2) is 24.3 Å². The molecule has 2 heterocycles. The molecule has 1 amide bonds. The summed E-state index contributed by atoms with van der Waals surface area (Å²) < 4.78 is 5.14. The third kappa shape index (κ3) is 2.74. The molecule has 2 aliphatic heterocycles. The lowest BCUT2D eigenvalue weighted by Gasteiger charge is -2.46. The Morgan fingerprint density at radius 2 is 1.96 bits per heavy atom. The van der Waals surface area contributed by atoms with E-state index in [9.17, 15) is 29.6 Å². The van der Waals surface area contributed by atoms with Crippen molar-refractivity contribution >= 4 is 23.3 Å². The lowest BCUT2D eigenvalue weighted by molar-refractivity contribution is -0.384. The Morgan fingerprint density at radius 3 is 2.50 bits per heavy atom. The number of rotatable bonds is 5. The molecular formula is C17H18N2O7. The number of ether oxygens (including phenoxy) is 1. The number of nitro benzene ring substituents is 1. The predicted octanol–water partition coefficient (Wildman–Crippen LogP) is 0.433. The minimum atomic E-state index is -1.30. The number of aliphatic hydroxyl groups excluding tert-OH is 1. The maximum atomic E-state index is 12.4. The highest BCUT2D eigenvalue weighted by atomic mass is 16.6. The van der Waals surface area contributed by atoms with E-state index in [4.69, 9.17) is 4.74 Å². The van der Waals surface area contributed by atoms with Crippen molar-refractivity contribution in [1.29, 1.82) is 0 Å². The van der Waals surface area contributed by atoms with Crippen molar-refractivity contribution in [3.63, 3.8) is 0 Å². The van der Waals surface area contributed by atoms with Gasteiger partial charge in [0.2, 0.25) is 5.91 Å².